The van der Waals surface area contributed by atoms with Gasteiger partial charge in [-0.1, -0.05) is 24.3 Å². The molecule has 78 valence electrons. The van der Waals surface area contributed by atoms with Gasteiger partial charge >= 0.3 is 0 Å². The molecule has 3 nitrogen and oxygen atoms in total. The van der Waals surface area contributed by atoms with Crippen LogP contribution in [0.25, 0.3) is 11.1 Å². The van der Waals surface area contributed by atoms with E-state index in [2.05, 4.69) is 11.5 Å². The summed E-state index contributed by atoms with van der Waals surface area (Å²) in [7, 11) is 0. The van der Waals surface area contributed by atoms with Gasteiger partial charge in [0.25, 0.3) is 0 Å². The molecule has 0 atom stereocenters. The van der Waals surface area contributed by atoms with Crippen LogP contribution in [0.1, 0.15) is 5.56 Å². The molecule has 0 bridgehead atoms. The number of nitrogens with one attached hydrogen (secondary N) is 1. The predicted octanol–water partition coefficient (Wildman–Crippen LogP) is 3.03. The largest absolute Gasteiger partial charge is 0.291 e. The zero-order chi connectivity index (χ0) is 11.4. The van der Waals surface area contributed by atoms with E-state index in [1.54, 1.807) is 12.1 Å². The molecule has 0 aromatic heterocycles. The van der Waals surface area contributed by atoms with Crippen LogP contribution in [-0.2, 0) is 0 Å². The highest BCUT2D eigenvalue weighted by molar-refractivity contribution is 5.68. The summed E-state index contributed by atoms with van der Waals surface area (Å²) in [5.74, 6) is 0. The third kappa shape index (κ3) is 2.02. The van der Waals surface area contributed by atoms with Crippen LogP contribution in [-0.4, -0.2) is 5.21 Å². The fourth-order valence-electron chi connectivity index (χ4n) is 1.54. The molecule has 3 heteroatoms. The average molecular weight is 210 g/mol. The van der Waals surface area contributed by atoms with Crippen molar-refractivity contribution in [2.75, 3.05) is 5.48 Å². The lowest BCUT2D eigenvalue weighted by atomic mass is 10.0. The lowest BCUT2D eigenvalue weighted by molar-refractivity contribution is 0.389. The lowest BCUT2D eigenvalue weighted by Crippen LogP contribution is -1.89. The number of hydrogen-bond donors (Lipinski definition) is 2. The van der Waals surface area contributed by atoms with Crippen LogP contribution in [0.4, 0.5) is 5.69 Å². The minimum absolute atomic E-state index is 0.625. The van der Waals surface area contributed by atoms with Crippen LogP contribution in [0.2, 0.25) is 0 Å². The smallest absolute Gasteiger partial charge is 0.0991 e. The van der Waals surface area contributed by atoms with Crippen LogP contribution in [0, 0.1) is 11.3 Å². The van der Waals surface area contributed by atoms with Gasteiger partial charge in [0.05, 0.1) is 17.3 Å². The topological polar surface area (TPSA) is 56.0 Å². The maximum atomic E-state index is 8.81. The Morgan fingerprint density at radius 1 is 1.00 bits per heavy atom. The second-order valence-electron chi connectivity index (χ2n) is 3.39. The normalized spacial score (nSPS) is 9.50. The summed E-state index contributed by atoms with van der Waals surface area (Å²) < 4.78 is 0. The summed E-state index contributed by atoms with van der Waals surface area (Å²) in [6.07, 6.45) is 0. The molecule has 2 rings (SSSR count). The van der Waals surface area contributed by atoms with Crippen molar-refractivity contribution in [3.8, 4) is 17.2 Å². The summed E-state index contributed by atoms with van der Waals surface area (Å²) in [4.78, 5) is 0. The molecule has 0 saturated carbocycles. The maximum Gasteiger partial charge on any atom is 0.0991 e. The quantitative estimate of drug-likeness (QED) is 0.749. The Morgan fingerprint density at radius 2 is 1.69 bits per heavy atom. The third-order valence-electron chi connectivity index (χ3n) is 2.32. The van der Waals surface area contributed by atoms with E-state index in [4.69, 9.17) is 10.5 Å². The van der Waals surface area contributed by atoms with Crippen molar-refractivity contribution in [3.05, 3.63) is 54.1 Å². The van der Waals surface area contributed by atoms with Crippen LogP contribution < -0.4 is 5.48 Å². The van der Waals surface area contributed by atoms with E-state index in [0.29, 0.717) is 11.3 Å². The van der Waals surface area contributed by atoms with Crippen molar-refractivity contribution in [3.63, 3.8) is 0 Å². The predicted molar refractivity (Wildman–Crippen MR) is 62.0 cm³/mol. The van der Waals surface area contributed by atoms with Gasteiger partial charge in [-0.05, 0) is 35.4 Å². The first-order valence-corrected chi connectivity index (χ1v) is 4.84. The molecule has 0 unspecified atom stereocenters. The summed E-state index contributed by atoms with van der Waals surface area (Å²) in [5.41, 5.74) is 5.26. The number of anilines is 1. The fraction of sp³-hybridized carbons (Fsp3) is 0. The van der Waals surface area contributed by atoms with E-state index in [1.807, 2.05) is 36.4 Å². The maximum absolute atomic E-state index is 8.81. The van der Waals surface area contributed by atoms with Gasteiger partial charge in [-0.15, -0.1) is 0 Å². The Kier molecular flexibility index (Phi) is 2.86. The summed E-state index contributed by atoms with van der Waals surface area (Å²) in [5, 5.41) is 17.6. The van der Waals surface area contributed by atoms with Gasteiger partial charge in [-0.2, -0.15) is 5.26 Å². The Balaban J connectivity index is 2.46. The number of hydrogen-bond acceptors (Lipinski definition) is 3. The first kappa shape index (κ1) is 10.2. The van der Waals surface area contributed by atoms with Crippen molar-refractivity contribution in [2.24, 2.45) is 0 Å². The average Bonchev–Trinajstić information content (AvgIpc) is 2.39. The highest BCUT2D eigenvalue weighted by Gasteiger charge is 1.99. The molecule has 0 heterocycles. The minimum Gasteiger partial charge on any atom is -0.291 e. The van der Waals surface area contributed by atoms with Gasteiger partial charge in [0.15, 0.2) is 0 Å². The third-order valence-corrected chi connectivity index (χ3v) is 2.32. The first-order valence-electron chi connectivity index (χ1n) is 4.84. The standard InChI is InChI=1S/C13H10N2O/c14-9-10-3-1-4-11(7-10)12-5-2-6-13(8-12)15-16/h1-8,15-16H. The monoisotopic (exact) mass is 210 g/mol. The molecule has 2 aromatic rings. The molecule has 2 N–H and O–H groups in total. The molecule has 0 aliphatic rings. The zero-order valence-electron chi connectivity index (χ0n) is 8.51. The van der Waals surface area contributed by atoms with Crippen LogP contribution >= 0.6 is 0 Å². The van der Waals surface area contributed by atoms with Crippen molar-refractivity contribution < 1.29 is 5.21 Å². The highest BCUT2D eigenvalue weighted by Crippen LogP contribution is 2.23. The summed E-state index contributed by atoms with van der Waals surface area (Å²) in [6, 6.07) is 16.8. The molecule has 0 radical (unpaired) electrons. The number of nitriles is 1. The van der Waals surface area contributed by atoms with Gasteiger partial charge in [0.1, 0.15) is 0 Å². The van der Waals surface area contributed by atoms with E-state index in [1.165, 1.54) is 0 Å². The molecule has 0 saturated heterocycles. The fourth-order valence-corrected chi connectivity index (χ4v) is 1.54. The molecule has 2 aromatic carbocycles. The van der Waals surface area contributed by atoms with E-state index < -0.39 is 0 Å². The number of nitrogens with zero attached hydrogens (tertiary/aromatic N) is 1. The summed E-state index contributed by atoms with van der Waals surface area (Å²) in [6.45, 7) is 0. The molecule has 0 aliphatic heterocycles. The SMILES string of the molecule is N#Cc1cccc(-c2cccc(NO)c2)c1. The molecule has 0 fully saturated rings. The Hall–Kier alpha value is -2.31. The van der Waals surface area contributed by atoms with Gasteiger partial charge in [-0.3, -0.25) is 10.7 Å². The Bertz CT molecular complexity index is 544. The van der Waals surface area contributed by atoms with Crippen LogP contribution in [0.5, 0.6) is 0 Å². The van der Waals surface area contributed by atoms with Gasteiger partial charge < -0.3 is 0 Å². The lowest BCUT2D eigenvalue weighted by Gasteiger charge is -2.04. The highest BCUT2D eigenvalue weighted by atomic mass is 16.5. The molecule has 0 aliphatic carbocycles. The molecule has 0 spiro atoms. The molecular weight excluding hydrogens is 200 g/mol. The minimum atomic E-state index is 0.625. The van der Waals surface area contributed by atoms with E-state index in [0.717, 1.165) is 11.1 Å². The second-order valence-corrected chi connectivity index (χ2v) is 3.39. The summed E-state index contributed by atoms with van der Waals surface area (Å²) >= 11 is 0. The van der Waals surface area contributed by atoms with E-state index in [9.17, 15) is 0 Å². The van der Waals surface area contributed by atoms with Crippen molar-refractivity contribution >= 4 is 5.69 Å². The number of benzene rings is 2. The first-order chi connectivity index (χ1) is 7.83. The van der Waals surface area contributed by atoms with Gasteiger partial charge in [0.2, 0.25) is 0 Å². The van der Waals surface area contributed by atoms with Gasteiger partial charge in [-0.25, -0.2) is 0 Å². The second kappa shape index (κ2) is 4.47. The van der Waals surface area contributed by atoms with E-state index in [-0.39, 0.29) is 0 Å². The van der Waals surface area contributed by atoms with Crippen molar-refractivity contribution in [1.82, 2.24) is 0 Å². The van der Waals surface area contributed by atoms with E-state index >= 15 is 0 Å². The van der Waals surface area contributed by atoms with Crippen LogP contribution in [0.15, 0.2) is 48.5 Å². The molecular formula is C13H10N2O. The van der Waals surface area contributed by atoms with Gasteiger partial charge in [0, 0.05) is 0 Å². The molecule has 0 amide bonds. The number of rotatable bonds is 2. The molecule has 16 heavy (non-hydrogen) atoms. The Morgan fingerprint density at radius 3 is 2.38 bits per heavy atom. The zero-order valence-corrected chi connectivity index (χ0v) is 8.51. The van der Waals surface area contributed by atoms with Crippen LogP contribution in [0.3, 0.4) is 0 Å². The van der Waals surface area contributed by atoms with Crippen molar-refractivity contribution in [2.45, 2.75) is 0 Å². The Labute approximate surface area is 93.5 Å². The van der Waals surface area contributed by atoms with Crippen molar-refractivity contribution in [1.29, 1.82) is 5.26 Å².